The molecule has 2 amide bonds. The standard InChI is InChI=1S/C23H20Cl2N2O5S/c1-3-31-23(30)19-13(2)20(21(29)26-17-11-14(24)9-10-16(17)25)33-22(19)27-18(28)12-32-15-7-5-4-6-8-15/h4-11H,3,12H2,1-2H3,(H,26,29)(H,27,28). The molecule has 0 bridgehead atoms. The highest BCUT2D eigenvalue weighted by Gasteiger charge is 2.27. The van der Waals surface area contributed by atoms with Gasteiger partial charge in [0.1, 0.15) is 10.8 Å². The fourth-order valence-electron chi connectivity index (χ4n) is 2.87. The van der Waals surface area contributed by atoms with Crippen LogP contribution in [0.5, 0.6) is 5.75 Å². The van der Waals surface area contributed by atoms with Crippen molar-refractivity contribution in [2.45, 2.75) is 13.8 Å². The Hall–Kier alpha value is -3.07. The van der Waals surface area contributed by atoms with E-state index >= 15 is 0 Å². The molecule has 0 unspecified atom stereocenters. The second-order valence-electron chi connectivity index (χ2n) is 6.71. The molecule has 172 valence electrons. The van der Waals surface area contributed by atoms with Gasteiger partial charge in [0.2, 0.25) is 0 Å². The van der Waals surface area contributed by atoms with E-state index in [0.29, 0.717) is 27.0 Å². The summed E-state index contributed by atoms with van der Waals surface area (Å²) in [6.45, 7) is 3.13. The van der Waals surface area contributed by atoms with Crippen molar-refractivity contribution in [2.75, 3.05) is 23.8 Å². The van der Waals surface area contributed by atoms with Crippen LogP contribution in [0.25, 0.3) is 0 Å². The van der Waals surface area contributed by atoms with Crippen molar-refractivity contribution in [1.82, 2.24) is 0 Å². The maximum atomic E-state index is 12.9. The molecular formula is C23H20Cl2N2O5S. The van der Waals surface area contributed by atoms with Crippen LogP contribution in [0.3, 0.4) is 0 Å². The molecule has 0 fully saturated rings. The molecule has 0 aliphatic rings. The van der Waals surface area contributed by atoms with E-state index in [-0.39, 0.29) is 28.7 Å². The second-order valence-corrected chi connectivity index (χ2v) is 8.57. The number of ether oxygens (including phenoxy) is 2. The normalized spacial score (nSPS) is 10.4. The smallest absolute Gasteiger partial charge is 0.341 e. The van der Waals surface area contributed by atoms with E-state index in [0.717, 1.165) is 11.3 Å². The zero-order chi connectivity index (χ0) is 24.0. The van der Waals surface area contributed by atoms with Gasteiger partial charge in [-0.2, -0.15) is 0 Å². The van der Waals surface area contributed by atoms with Crippen LogP contribution in [0.1, 0.15) is 32.5 Å². The number of carbonyl (C=O) groups is 3. The van der Waals surface area contributed by atoms with Gasteiger partial charge in [-0.25, -0.2) is 4.79 Å². The molecule has 2 aromatic carbocycles. The second kappa shape index (κ2) is 11.2. The molecular weight excluding hydrogens is 487 g/mol. The average molecular weight is 507 g/mol. The quantitative estimate of drug-likeness (QED) is 0.376. The van der Waals surface area contributed by atoms with Crippen molar-refractivity contribution >= 4 is 63.0 Å². The van der Waals surface area contributed by atoms with Crippen molar-refractivity contribution < 1.29 is 23.9 Å². The third-order valence-corrected chi connectivity index (χ3v) is 6.15. The first-order valence-electron chi connectivity index (χ1n) is 9.84. The zero-order valence-electron chi connectivity index (χ0n) is 17.7. The zero-order valence-corrected chi connectivity index (χ0v) is 20.1. The predicted molar refractivity (Wildman–Crippen MR) is 130 cm³/mol. The highest BCUT2D eigenvalue weighted by molar-refractivity contribution is 7.19. The van der Waals surface area contributed by atoms with Crippen molar-refractivity contribution in [2.24, 2.45) is 0 Å². The molecule has 0 spiro atoms. The minimum absolute atomic E-state index is 0.109. The lowest BCUT2D eigenvalue weighted by Gasteiger charge is -2.08. The highest BCUT2D eigenvalue weighted by Crippen LogP contribution is 2.35. The van der Waals surface area contributed by atoms with Crippen LogP contribution in [0.2, 0.25) is 10.0 Å². The molecule has 3 rings (SSSR count). The Morgan fingerprint density at radius 3 is 2.45 bits per heavy atom. The molecule has 0 radical (unpaired) electrons. The van der Waals surface area contributed by atoms with Crippen molar-refractivity contribution in [3.63, 3.8) is 0 Å². The summed E-state index contributed by atoms with van der Waals surface area (Å²) in [5.74, 6) is -1.12. The highest BCUT2D eigenvalue weighted by atomic mass is 35.5. The van der Waals surface area contributed by atoms with Crippen molar-refractivity contribution in [3.8, 4) is 5.75 Å². The van der Waals surface area contributed by atoms with Crippen LogP contribution >= 0.6 is 34.5 Å². The Balaban J connectivity index is 1.84. The molecule has 10 heteroatoms. The minimum atomic E-state index is -0.648. The number of para-hydroxylation sites is 1. The molecule has 0 aliphatic heterocycles. The maximum absolute atomic E-state index is 12.9. The van der Waals surface area contributed by atoms with Gasteiger partial charge in [-0.15, -0.1) is 11.3 Å². The Labute approximate surface area is 204 Å². The number of thiophene rings is 1. The van der Waals surface area contributed by atoms with Gasteiger partial charge in [-0.05, 0) is 49.7 Å². The van der Waals surface area contributed by atoms with Gasteiger partial charge in [-0.1, -0.05) is 41.4 Å². The molecule has 1 heterocycles. The molecule has 33 heavy (non-hydrogen) atoms. The first-order chi connectivity index (χ1) is 15.8. The van der Waals surface area contributed by atoms with E-state index in [9.17, 15) is 14.4 Å². The van der Waals surface area contributed by atoms with E-state index in [4.69, 9.17) is 32.7 Å². The number of hydrogen-bond donors (Lipinski definition) is 2. The molecule has 0 aliphatic carbocycles. The Morgan fingerprint density at radius 2 is 1.76 bits per heavy atom. The fraction of sp³-hybridized carbons (Fsp3) is 0.174. The topological polar surface area (TPSA) is 93.7 Å². The van der Waals surface area contributed by atoms with E-state index in [2.05, 4.69) is 10.6 Å². The van der Waals surface area contributed by atoms with E-state index < -0.39 is 17.8 Å². The number of esters is 1. The molecule has 0 atom stereocenters. The molecule has 3 aromatic rings. The Morgan fingerprint density at radius 1 is 1.03 bits per heavy atom. The summed E-state index contributed by atoms with van der Waals surface area (Å²) in [4.78, 5) is 38.2. The summed E-state index contributed by atoms with van der Waals surface area (Å²) in [6.07, 6.45) is 0. The third-order valence-electron chi connectivity index (χ3n) is 4.38. The van der Waals surface area contributed by atoms with Crippen molar-refractivity contribution in [3.05, 3.63) is 74.6 Å². The van der Waals surface area contributed by atoms with Crippen LogP contribution in [-0.2, 0) is 9.53 Å². The molecule has 1 aromatic heterocycles. The maximum Gasteiger partial charge on any atom is 0.341 e. The lowest BCUT2D eigenvalue weighted by Crippen LogP contribution is -2.21. The molecule has 0 saturated heterocycles. The summed E-state index contributed by atoms with van der Waals surface area (Å²) in [5, 5.41) is 6.23. The van der Waals surface area contributed by atoms with Crippen LogP contribution in [-0.4, -0.2) is 31.0 Å². The molecule has 2 N–H and O–H groups in total. The van der Waals surface area contributed by atoms with E-state index in [1.807, 2.05) is 6.07 Å². The largest absolute Gasteiger partial charge is 0.484 e. The van der Waals surface area contributed by atoms with Crippen LogP contribution in [0.4, 0.5) is 10.7 Å². The van der Waals surface area contributed by atoms with Gasteiger partial charge in [0.25, 0.3) is 11.8 Å². The average Bonchev–Trinajstić information content (AvgIpc) is 3.11. The summed E-state index contributed by atoms with van der Waals surface area (Å²) in [6, 6.07) is 13.5. The minimum Gasteiger partial charge on any atom is -0.484 e. The predicted octanol–water partition coefficient (Wildman–Crippen LogP) is 5.81. The van der Waals surface area contributed by atoms with Crippen LogP contribution in [0.15, 0.2) is 48.5 Å². The van der Waals surface area contributed by atoms with Gasteiger partial charge in [0.15, 0.2) is 6.61 Å². The molecule has 7 nitrogen and oxygen atoms in total. The number of halogens is 2. The summed E-state index contributed by atoms with van der Waals surface area (Å²) >= 11 is 13.1. The van der Waals surface area contributed by atoms with Crippen molar-refractivity contribution in [1.29, 1.82) is 0 Å². The van der Waals surface area contributed by atoms with Gasteiger partial charge in [0.05, 0.1) is 27.8 Å². The monoisotopic (exact) mass is 506 g/mol. The SMILES string of the molecule is CCOC(=O)c1c(NC(=O)COc2ccccc2)sc(C(=O)Nc2cc(Cl)ccc2Cl)c1C. The number of benzene rings is 2. The lowest BCUT2D eigenvalue weighted by molar-refractivity contribution is -0.118. The van der Waals surface area contributed by atoms with Gasteiger partial charge in [0, 0.05) is 5.02 Å². The van der Waals surface area contributed by atoms with Gasteiger partial charge >= 0.3 is 5.97 Å². The third kappa shape index (κ3) is 6.25. The number of carbonyl (C=O) groups excluding carboxylic acids is 3. The van der Waals surface area contributed by atoms with Gasteiger partial charge < -0.3 is 20.1 Å². The number of anilines is 2. The lowest BCUT2D eigenvalue weighted by atomic mass is 10.1. The Bertz CT molecular complexity index is 1180. The van der Waals surface area contributed by atoms with Crippen LogP contribution < -0.4 is 15.4 Å². The number of hydrogen-bond acceptors (Lipinski definition) is 6. The van der Waals surface area contributed by atoms with Gasteiger partial charge in [-0.3, -0.25) is 9.59 Å². The first-order valence-corrected chi connectivity index (χ1v) is 11.4. The number of nitrogens with one attached hydrogen (secondary N) is 2. The summed E-state index contributed by atoms with van der Waals surface area (Å²) in [7, 11) is 0. The van der Waals surface area contributed by atoms with E-state index in [1.54, 1.807) is 50.2 Å². The van der Waals surface area contributed by atoms with Crippen LogP contribution in [0, 0.1) is 6.92 Å². The van der Waals surface area contributed by atoms with E-state index in [1.165, 1.54) is 6.07 Å². The summed E-state index contributed by atoms with van der Waals surface area (Å²) < 4.78 is 10.6. The first kappa shape index (κ1) is 24.6. The number of rotatable bonds is 8. The molecule has 0 saturated carbocycles. The number of amides is 2. The summed E-state index contributed by atoms with van der Waals surface area (Å²) in [5.41, 5.74) is 0.798. The fourth-order valence-corrected chi connectivity index (χ4v) is 4.31. The Kier molecular flexibility index (Phi) is 8.32.